The summed E-state index contributed by atoms with van der Waals surface area (Å²) in [6.07, 6.45) is -5.65. The number of thioether (sulfide) groups is 1. The molecule has 3 N–H and O–H groups in total. The molecule has 16 heteroatoms. The van der Waals surface area contributed by atoms with Crippen LogP contribution in [0.3, 0.4) is 0 Å². The van der Waals surface area contributed by atoms with Crippen molar-refractivity contribution in [3.8, 4) is 0 Å². The van der Waals surface area contributed by atoms with E-state index >= 15 is 0 Å². The number of hydrogen-bond acceptors (Lipinski definition) is 10. The van der Waals surface area contributed by atoms with Gasteiger partial charge in [-0.2, -0.15) is 13.2 Å². The number of H-pyrrole nitrogens is 1. The Bertz CT molecular complexity index is 1080. The lowest BCUT2D eigenvalue weighted by atomic mass is 9.89. The van der Waals surface area contributed by atoms with Crippen molar-refractivity contribution in [1.29, 1.82) is 0 Å². The second-order valence-electron chi connectivity index (χ2n) is 9.81. The highest BCUT2D eigenvalue weighted by Gasteiger charge is 2.76. The second-order valence-corrected chi connectivity index (χ2v) is 11.0. The topological polar surface area (TPSA) is 162 Å². The minimum Gasteiger partial charge on any atom is -0.466 e. The van der Waals surface area contributed by atoms with Crippen molar-refractivity contribution in [2.75, 3.05) is 19.8 Å². The summed E-state index contributed by atoms with van der Waals surface area (Å²) in [6, 6.07) is 0. The molecule has 1 aromatic heterocycles. The van der Waals surface area contributed by atoms with Gasteiger partial charge < -0.3 is 29.8 Å². The van der Waals surface area contributed by atoms with Crippen LogP contribution in [0.25, 0.3) is 0 Å². The third-order valence-corrected chi connectivity index (χ3v) is 7.14. The van der Waals surface area contributed by atoms with Gasteiger partial charge in [0.25, 0.3) is 0 Å². The van der Waals surface area contributed by atoms with E-state index in [1.165, 1.54) is 0 Å². The highest BCUT2D eigenvalue weighted by molar-refractivity contribution is 7.99. The zero-order valence-corrected chi connectivity index (χ0v) is 22.2. The van der Waals surface area contributed by atoms with Crippen molar-refractivity contribution in [3.05, 3.63) is 5.82 Å². The van der Waals surface area contributed by atoms with E-state index in [4.69, 9.17) is 14.2 Å². The number of halogens is 3. The Labute approximate surface area is 220 Å². The van der Waals surface area contributed by atoms with Gasteiger partial charge in [0.15, 0.2) is 5.16 Å². The molecule has 0 aromatic carbocycles. The molecule has 0 unspecified atom stereocenters. The Kier molecular flexibility index (Phi) is 8.53. The summed E-state index contributed by atoms with van der Waals surface area (Å²) in [5, 5.41) is 10.8. The van der Waals surface area contributed by atoms with Crippen molar-refractivity contribution in [2.45, 2.75) is 68.8 Å². The molecular weight excluding hydrogens is 535 g/mol. The van der Waals surface area contributed by atoms with Crippen molar-refractivity contribution in [3.63, 3.8) is 0 Å². The Morgan fingerprint density at radius 3 is 2.32 bits per heavy atom. The summed E-state index contributed by atoms with van der Waals surface area (Å²) >= 11 is 0.881. The van der Waals surface area contributed by atoms with Crippen LogP contribution in [0.1, 0.15) is 46.9 Å². The van der Waals surface area contributed by atoms with Crippen LogP contribution in [0.15, 0.2) is 5.16 Å². The number of alkyl halides is 3. The third-order valence-electron chi connectivity index (χ3n) is 5.95. The van der Waals surface area contributed by atoms with Crippen LogP contribution >= 0.6 is 11.8 Å². The molecule has 2 aliphatic rings. The molecule has 2 amide bonds. The molecule has 0 radical (unpaired) electrons. The number of amides is 2. The van der Waals surface area contributed by atoms with Crippen LogP contribution in [0.4, 0.5) is 18.0 Å². The van der Waals surface area contributed by atoms with Crippen LogP contribution < -0.4 is 10.6 Å². The van der Waals surface area contributed by atoms with Gasteiger partial charge in [0.05, 0.1) is 19.1 Å². The monoisotopic (exact) mass is 565 g/mol. The smallest absolute Gasteiger partial charge is 0.451 e. The van der Waals surface area contributed by atoms with Crippen LogP contribution in [0.2, 0.25) is 0 Å². The number of hydrogen-bond donors (Lipinski definition) is 3. The number of nitrogens with zero attached hydrogens (tertiary/aromatic N) is 2. The first-order chi connectivity index (χ1) is 17.6. The van der Waals surface area contributed by atoms with Gasteiger partial charge in [-0.05, 0) is 47.0 Å². The lowest BCUT2D eigenvalue weighted by Crippen LogP contribution is -2.59. The number of aromatic nitrogens is 3. The number of rotatable bonds is 9. The molecule has 3 rings (SSSR count). The number of esters is 2. The molecule has 212 valence electrons. The number of alkyl carbamates (subject to hydrolysis) is 1. The molecule has 0 spiro atoms. The average molecular weight is 566 g/mol. The van der Waals surface area contributed by atoms with E-state index in [1.54, 1.807) is 34.6 Å². The van der Waals surface area contributed by atoms with Crippen molar-refractivity contribution in [1.82, 2.24) is 25.8 Å². The third kappa shape index (κ3) is 6.50. The summed E-state index contributed by atoms with van der Waals surface area (Å²) in [5.74, 6) is -5.52. The van der Waals surface area contributed by atoms with Gasteiger partial charge in [-0.3, -0.25) is 9.59 Å². The molecule has 0 saturated heterocycles. The Balaban J connectivity index is 1.84. The van der Waals surface area contributed by atoms with E-state index in [9.17, 15) is 32.3 Å². The van der Waals surface area contributed by atoms with Crippen LogP contribution in [0, 0.1) is 17.8 Å². The first-order valence-corrected chi connectivity index (χ1v) is 12.8. The predicted molar refractivity (Wildman–Crippen MR) is 124 cm³/mol. The lowest BCUT2D eigenvalue weighted by Gasteiger charge is -2.32. The maximum absolute atomic E-state index is 13.2. The largest absolute Gasteiger partial charge is 0.466 e. The highest BCUT2D eigenvalue weighted by Crippen LogP contribution is 2.66. The quantitative estimate of drug-likeness (QED) is 0.299. The summed E-state index contributed by atoms with van der Waals surface area (Å²) in [5.41, 5.74) is -2.49. The fourth-order valence-electron chi connectivity index (χ4n) is 4.68. The maximum Gasteiger partial charge on any atom is 0.451 e. The fraction of sp³-hybridized carbons (Fsp3) is 0.727. The van der Waals surface area contributed by atoms with Gasteiger partial charge in [-0.25, -0.2) is 9.59 Å². The minimum atomic E-state index is -4.74. The maximum atomic E-state index is 13.2. The molecule has 12 nitrogen and oxygen atoms in total. The molecule has 2 fully saturated rings. The van der Waals surface area contributed by atoms with E-state index in [0.717, 1.165) is 11.8 Å². The number of aromatic amines is 1. The van der Waals surface area contributed by atoms with Gasteiger partial charge in [0.2, 0.25) is 11.7 Å². The van der Waals surface area contributed by atoms with Crippen LogP contribution in [0.5, 0.6) is 0 Å². The molecule has 0 bridgehead atoms. The first-order valence-electron chi connectivity index (χ1n) is 11.9. The van der Waals surface area contributed by atoms with E-state index in [0.29, 0.717) is 0 Å². The molecule has 0 aliphatic heterocycles. The van der Waals surface area contributed by atoms with Crippen molar-refractivity contribution >= 4 is 35.7 Å². The van der Waals surface area contributed by atoms with Crippen LogP contribution in [-0.4, -0.2) is 75.3 Å². The van der Waals surface area contributed by atoms with Crippen molar-refractivity contribution in [2.24, 2.45) is 17.8 Å². The average Bonchev–Trinajstić information content (AvgIpc) is 3.22. The SMILES string of the molecule is CCOC(=O)[C@H]1[C@H]2[C@@H]1[C@](NC(=O)CNC(=O)OC(C)(C)C)(C(=O)OCC)C[C@H]2Sc1nnc(C(F)(F)F)[nH]1. The molecule has 5 atom stereocenters. The number of fused-ring (bicyclic) bond motifs is 1. The Morgan fingerprint density at radius 2 is 1.76 bits per heavy atom. The lowest BCUT2D eigenvalue weighted by molar-refractivity contribution is -0.155. The van der Waals surface area contributed by atoms with Crippen LogP contribution in [-0.2, 0) is 34.8 Å². The van der Waals surface area contributed by atoms with Gasteiger partial charge in [-0.1, -0.05) is 11.8 Å². The number of carbonyl (C=O) groups excluding carboxylic acids is 4. The summed E-state index contributed by atoms with van der Waals surface area (Å²) in [6.45, 7) is 7.63. The molecule has 2 saturated carbocycles. The highest BCUT2D eigenvalue weighted by atomic mass is 32.2. The van der Waals surface area contributed by atoms with E-state index < -0.39 is 76.6 Å². The Morgan fingerprint density at radius 1 is 1.11 bits per heavy atom. The van der Waals surface area contributed by atoms with Gasteiger partial charge >= 0.3 is 24.2 Å². The molecule has 2 aliphatic carbocycles. The minimum absolute atomic E-state index is 0.0249. The van der Waals surface area contributed by atoms with Gasteiger partial charge in [0, 0.05) is 11.2 Å². The molecule has 1 aromatic rings. The van der Waals surface area contributed by atoms with Gasteiger partial charge in [-0.15, -0.1) is 10.2 Å². The summed E-state index contributed by atoms with van der Waals surface area (Å²) < 4.78 is 54.4. The first kappa shape index (κ1) is 29.5. The van der Waals surface area contributed by atoms with Gasteiger partial charge in [0.1, 0.15) is 17.7 Å². The normalized spacial score (nSPS) is 26.2. The number of ether oxygens (including phenoxy) is 3. The second kappa shape index (κ2) is 11.0. The summed E-state index contributed by atoms with van der Waals surface area (Å²) in [7, 11) is 0. The standard InChI is InChI=1S/C22H30F3N5O7S/c1-6-35-15(32)13-12-10(38-18-27-16(29-30-18)22(23,24)25)8-21(14(12)13,17(33)36-7-2)28-11(31)9-26-19(34)37-20(3,4)5/h10,12-14H,6-9H2,1-5H3,(H,26,34)(H,28,31)(H,27,29,30)/t10-,12+,13+,14+,21+/m1/s1. The Hall–Kier alpha value is -3.04. The predicted octanol–water partition coefficient (Wildman–Crippen LogP) is 2.06. The zero-order chi connectivity index (χ0) is 28.5. The summed E-state index contributed by atoms with van der Waals surface area (Å²) in [4.78, 5) is 52.9. The number of nitrogens with one attached hydrogen (secondary N) is 3. The zero-order valence-electron chi connectivity index (χ0n) is 21.4. The van der Waals surface area contributed by atoms with E-state index in [2.05, 4.69) is 25.8 Å². The molecule has 1 heterocycles. The van der Waals surface area contributed by atoms with E-state index in [1.807, 2.05) is 0 Å². The van der Waals surface area contributed by atoms with Crippen molar-refractivity contribution < 1.29 is 46.6 Å². The molecule has 38 heavy (non-hydrogen) atoms. The number of carbonyl (C=O) groups is 4. The molecular formula is C22H30F3N5O7S. The van der Waals surface area contributed by atoms with E-state index in [-0.39, 0.29) is 24.8 Å². The fourth-order valence-corrected chi connectivity index (χ4v) is 6.05.